The molecule has 54 valence electrons. The molecule has 0 amide bonds. The van der Waals surface area contributed by atoms with Crippen molar-refractivity contribution in [2.24, 2.45) is 0 Å². The van der Waals surface area contributed by atoms with Crippen molar-refractivity contribution in [3.8, 4) is 0 Å². The fraction of sp³-hybridized carbons (Fsp3) is 0.333. The van der Waals surface area contributed by atoms with Crippen LogP contribution in [0.4, 0.5) is 0 Å². The molecule has 11 heavy (non-hydrogen) atoms. The molecule has 0 aliphatic carbocycles. The van der Waals surface area contributed by atoms with Crippen LogP contribution in [0.1, 0.15) is 0 Å². The van der Waals surface area contributed by atoms with Crippen LogP contribution in [-0.4, -0.2) is 33.7 Å². The van der Waals surface area contributed by atoms with Gasteiger partial charge in [-0.3, -0.25) is 0 Å². The van der Waals surface area contributed by atoms with Gasteiger partial charge in [-0.1, -0.05) is 0 Å². The van der Waals surface area contributed by atoms with Crippen LogP contribution in [0.2, 0.25) is 0 Å². The quantitative estimate of drug-likeness (QED) is 0.188. The molecule has 0 aromatic carbocycles. The minimum absolute atomic E-state index is 0. The Balaban J connectivity index is -0.0000000817. The van der Waals surface area contributed by atoms with Crippen LogP contribution in [0.5, 0.6) is 0 Å². The first-order valence-electron chi connectivity index (χ1n) is 1.56. The second-order valence-electron chi connectivity index (χ2n) is 1.06. The molecule has 0 heterocycles. The van der Waals surface area contributed by atoms with Gasteiger partial charge in [0.15, 0.2) is 0 Å². The molecule has 0 saturated heterocycles. The molecule has 0 spiro atoms. The number of hydrogen-bond donors (Lipinski definition) is 2. The Morgan fingerprint density at radius 2 is 1.64 bits per heavy atom. The van der Waals surface area contributed by atoms with Crippen molar-refractivity contribution < 1.29 is 89.5 Å². The van der Waals surface area contributed by atoms with Crippen molar-refractivity contribution in [2.45, 2.75) is 5.79 Å². The maximum Gasteiger partial charge on any atom is 1.00 e. The maximum atomic E-state index is 9.38. The normalized spacial score (nSPS) is 7.82. The molecular weight excluding hydrogens is 178 g/mol. The van der Waals surface area contributed by atoms with Gasteiger partial charge in [0.1, 0.15) is 5.79 Å². The van der Waals surface area contributed by atoms with Crippen LogP contribution in [-0.2, 0) is 9.59 Å². The number of aliphatic carboxylic acids is 1. The zero-order valence-electron chi connectivity index (χ0n) is 6.07. The Hall–Kier alpha value is 1.02. The Labute approximate surface area is 106 Å². The van der Waals surface area contributed by atoms with E-state index < -0.39 is 11.8 Å². The summed E-state index contributed by atoms with van der Waals surface area (Å²) < 4.78 is 0. The van der Waals surface area contributed by atoms with Crippen LogP contribution in [0.25, 0.3) is 0 Å². The van der Waals surface area contributed by atoms with Crippen molar-refractivity contribution in [1.29, 1.82) is 0 Å². The monoisotopic (exact) mass is 181 g/mol. The third-order valence-electron chi connectivity index (χ3n) is 0.427. The minimum atomic E-state index is -3.46. The minimum Gasteiger partial charge on any atom is -0.870 e. The first kappa shape index (κ1) is 22.7. The fourth-order valence-electron chi connectivity index (χ4n) is 0.0417. The van der Waals surface area contributed by atoms with Gasteiger partial charge in [0.05, 0.1) is 5.97 Å². The molecule has 0 radical (unpaired) electrons. The van der Waals surface area contributed by atoms with Gasteiger partial charge in [-0.25, -0.2) is 0 Å². The summed E-state index contributed by atoms with van der Waals surface area (Å²) >= 11 is 0. The van der Waals surface area contributed by atoms with Crippen LogP contribution in [0.3, 0.4) is 0 Å². The topological polar surface area (TPSA) is 128 Å². The molecule has 0 aromatic rings. The van der Waals surface area contributed by atoms with Gasteiger partial charge in [0.2, 0.25) is 0 Å². The average molecular weight is 181 g/mol. The van der Waals surface area contributed by atoms with Crippen molar-refractivity contribution >= 4 is 12.3 Å². The van der Waals surface area contributed by atoms with E-state index in [1.165, 1.54) is 0 Å². The predicted octanol–water partition coefficient (Wildman–Crippen LogP) is -9.64. The summed E-state index contributed by atoms with van der Waals surface area (Å²) in [5.74, 6) is -5.74. The molecule has 0 bridgehead atoms. The summed E-state index contributed by atoms with van der Waals surface area (Å²) in [5, 5.41) is 25.1. The molecule has 0 rings (SSSR count). The predicted molar refractivity (Wildman–Crippen MR) is 19.8 cm³/mol. The molecule has 0 aliphatic rings. The van der Waals surface area contributed by atoms with E-state index in [1.807, 2.05) is 0 Å². The molecule has 8 heteroatoms. The first-order chi connectivity index (χ1) is 3.50. The summed E-state index contributed by atoms with van der Waals surface area (Å²) in [6.07, 6.45) is 0.440. The fourth-order valence-corrected chi connectivity index (χ4v) is 0.0417. The van der Waals surface area contributed by atoms with Crippen LogP contribution < -0.4 is 64.2 Å². The summed E-state index contributed by atoms with van der Waals surface area (Å²) in [7, 11) is 0. The molecule has 0 aliphatic heterocycles. The van der Waals surface area contributed by atoms with Gasteiger partial charge >= 0.3 is 59.1 Å². The van der Waals surface area contributed by atoms with E-state index in [0.717, 1.165) is 0 Å². The average Bonchev–Trinajstić information content (AvgIpc) is 1.67. The molecular formula is C3H3Na2O6-. The molecule has 0 atom stereocenters. The van der Waals surface area contributed by atoms with E-state index in [1.54, 1.807) is 0 Å². The molecule has 0 aromatic heterocycles. The third kappa shape index (κ3) is 8.93. The number of hydrogen-bond acceptors (Lipinski definition) is 6. The summed E-state index contributed by atoms with van der Waals surface area (Å²) in [6.45, 7) is 0. The number of carbonyl (C=O) groups is 1. The maximum absolute atomic E-state index is 9.38. The van der Waals surface area contributed by atoms with Crippen molar-refractivity contribution in [2.75, 3.05) is 0 Å². The third-order valence-corrected chi connectivity index (χ3v) is 0.427. The van der Waals surface area contributed by atoms with Crippen LogP contribution in [0, 0.1) is 0 Å². The van der Waals surface area contributed by atoms with Gasteiger partial charge in [-0.2, -0.15) is 6.29 Å². The van der Waals surface area contributed by atoms with Gasteiger partial charge in [0, 0.05) is 0 Å². The SMILES string of the molecule is O=[C-]C(O)(O)C(=O)[O-].[Na+].[Na+].[OH-]. The Morgan fingerprint density at radius 3 is 1.64 bits per heavy atom. The van der Waals surface area contributed by atoms with Crippen molar-refractivity contribution in [1.82, 2.24) is 0 Å². The molecule has 0 fully saturated rings. The van der Waals surface area contributed by atoms with Gasteiger partial charge in [-0.15, -0.1) is 0 Å². The Bertz CT molecular complexity index is 123. The molecule has 0 unspecified atom stereocenters. The van der Waals surface area contributed by atoms with E-state index in [2.05, 4.69) is 0 Å². The van der Waals surface area contributed by atoms with Gasteiger partial charge in [-0.05, 0) is 0 Å². The number of carboxylic acids is 1. The smallest absolute Gasteiger partial charge is 0.870 e. The zero-order chi connectivity index (χ0) is 6.78. The van der Waals surface area contributed by atoms with E-state index in [9.17, 15) is 14.7 Å². The number of rotatable bonds is 2. The summed E-state index contributed by atoms with van der Waals surface area (Å²) in [6, 6.07) is 0. The van der Waals surface area contributed by atoms with E-state index in [0.29, 0.717) is 6.29 Å². The van der Waals surface area contributed by atoms with Crippen molar-refractivity contribution in [3.63, 3.8) is 0 Å². The number of carbonyl (C=O) groups excluding carboxylic acids is 2. The summed E-state index contributed by atoms with van der Waals surface area (Å²) in [5.41, 5.74) is 0. The second-order valence-corrected chi connectivity index (χ2v) is 1.06. The number of aliphatic hydroxyl groups is 2. The molecule has 6 nitrogen and oxygen atoms in total. The molecule has 0 saturated carbocycles. The first-order valence-corrected chi connectivity index (χ1v) is 1.56. The Kier molecular flexibility index (Phi) is 18.8. The van der Waals surface area contributed by atoms with Gasteiger partial charge < -0.3 is 30.4 Å². The molecule has 3 N–H and O–H groups in total. The van der Waals surface area contributed by atoms with E-state index in [4.69, 9.17) is 10.2 Å². The zero-order valence-corrected chi connectivity index (χ0v) is 10.1. The van der Waals surface area contributed by atoms with E-state index >= 15 is 0 Å². The standard InChI is InChI=1S/C3H3O5.2Na.H2O/c4-1-3(7,8)2(5)6;;;/h7-8H,(H,5,6);;;1H2/q-1;2*+1;/p-2. The van der Waals surface area contributed by atoms with E-state index in [-0.39, 0.29) is 64.6 Å². The number of carboxylic acid groups (broad SMARTS) is 1. The van der Waals surface area contributed by atoms with Crippen LogP contribution in [0.15, 0.2) is 0 Å². The Morgan fingerprint density at radius 1 is 1.36 bits per heavy atom. The van der Waals surface area contributed by atoms with Crippen LogP contribution >= 0.6 is 0 Å². The van der Waals surface area contributed by atoms with Crippen molar-refractivity contribution in [3.05, 3.63) is 0 Å². The second kappa shape index (κ2) is 9.11. The van der Waals surface area contributed by atoms with Gasteiger partial charge in [0.25, 0.3) is 0 Å². The largest absolute Gasteiger partial charge is 1.00 e. The summed E-state index contributed by atoms with van der Waals surface area (Å²) in [4.78, 5) is 18.6.